The number of halogens is 2. The second kappa shape index (κ2) is 4.02. The lowest BCUT2D eigenvalue weighted by Gasteiger charge is -2.09. The fraction of sp³-hybridized carbons (Fsp3) is 0.182. The van der Waals surface area contributed by atoms with Crippen molar-refractivity contribution in [2.45, 2.75) is 6.04 Å². The summed E-state index contributed by atoms with van der Waals surface area (Å²) >= 11 is 0. The molecule has 0 radical (unpaired) electrons. The zero-order chi connectivity index (χ0) is 11.7. The van der Waals surface area contributed by atoms with Crippen molar-refractivity contribution < 1.29 is 8.78 Å². The van der Waals surface area contributed by atoms with Crippen LogP contribution in [0.25, 0.3) is 0 Å². The number of nitrogens with two attached hydrogens (primary N) is 1. The lowest BCUT2D eigenvalue weighted by molar-refractivity contribution is 0.506. The Kier molecular flexibility index (Phi) is 2.70. The van der Waals surface area contributed by atoms with Crippen LogP contribution in [0.3, 0.4) is 0 Å². The minimum atomic E-state index is -0.899. The highest BCUT2D eigenvalue weighted by atomic mass is 19.2. The van der Waals surface area contributed by atoms with Crippen LogP contribution in [0, 0.1) is 11.6 Å². The molecule has 0 aliphatic heterocycles. The third-order valence-electron chi connectivity index (χ3n) is 2.35. The SMILES string of the molecule is Cn1cnc(C(N)c2ccc(F)c(F)c2)c1. The predicted molar refractivity (Wildman–Crippen MR) is 55.6 cm³/mol. The van der Waals surface area contributed by atoms with Gasteiger partial charge in [-0.1, -0.05) is 6.07 Å². The number of hydrogen-bond acceptors (Lipinski definition) is 2. The molecule has 0 spiro atoms. The van der Waals surface area contributed by atoms with Crippen LogP contribution < -0.4 is 5.73 Å². The Labute approximate surface area is 91.5 Å². The highest BCUT2D eigenvalue weighted by Gasteiger charge is 2.13. The van der Waals surface area contributed by atoms with E-state index in [0.29, 0.717) is 11.3 Å². The van der Waals surface area contributed by atoms with Crippen molar-refractivity contribution in [1.29, 1.82) is 0 Å². The molecule has 0 aliphatic rings. The van der Waals surface area contributed by atoms with Gasteiger partial charge in [0, 0.05) is 13.2 Å². The van der Waals surface area contributed by atoms with E-state index in [1.165, 1.54) is 6.07 Å². The Balaban J connectivity index is 2.33. The Morgan fingerprint density at radius 2 is 2.06 bits per heavy atom. The molecule has 1 unspecified atom stereocenters. The van der Waals surface area contributed by atoms with Crippen molar-refractivity contribution in [3.05, 3.63) is 53.6 Å². The first-order valence-corrected chi connectivity index (χ1v) is 4.76. The average Bonchev–Trinajstić information content (AvgIpc) is 2.68. The normalized spacial score (nSPS) is 12.8. The molecule has 1 aromatic heterocycles. The van der Waals surface area contributed by atoms with E-state index in [9.17, 15) is 8.78 Å². The van der Waals surface area contributed by atoms with E-state index in [1.807, 2.05) is 7.05 Å². The molecule has 0 bridgehead atoms. The Morgan fingerprint density at radius 1 is 1.31 bits per heavy atom. The number of aryl methyl sites for hydroxylation is 1. The van der Waals surface area contributed by atoms with Crippen molar-refractivity contribution in [3.63, 3.8) is 0 Å². The van der Waals surface area contributed by atoms with Gasteiger partial charge in [-0.3, -0.25) is 0 Å². The maximum atomic E-state index is 13.0. The third-order valence-corrected chi connectivity index (χ3v) is 2.35. The third kappa shape index (κ3) is 1.94. The van der Waals surface area contributed by atoms with Crippen LogP contribution in [-0.4, -0.2) is 9.55 Å². The number of hydrogen-bond donors (Lipinski definition) is 1. The molecule has 0 saturated heterocycles. The number of rotatable bonds is 2. The molecule has 0 aliphatic carbocycles. The molecule has 0 amide bonds. The van der Waals surface area contributed by atoms with Gasteiger partial charge in [-0.15, -0.1) is 0 Å². The van der Waals surface area contributed by atoms with Gasteiger partial charge in [-0.05, 0) is 17.7 Å². The van der Waals surface area contributed by atoms with Crippen molar-refractivity contribution in [3.8, 4) is 0 Å². The van der Waals surface area contributed by atoms with Crippen LogP contribution in [0.4, 0.5) is 8.78 Å². The zero-order valence-corrected chi connectivity index (χ0v) is 8.69. The molecular weight excluding hydrogens is 212 g/mol. The minimum Gasteiger partial charge on any atom is -0.340 e. The highest BCUT2D eigenvalue weighted by molar-refractivity contribution is 5.27. The fourth-order valence-electron chi connectivity index (χ4n) is 1.47. The summed E-state index contributed by atoms with van der Waals surface area (Å²) in [7, 11) is 1.81. The zero-order valence-electron chi connectivity index (χ0n) is 8.69. The van der Waals surface area contributed by atoms with E-state index in [-0.39, 0.29) is 0 Å². The summed E-state index contributed by atoms with van der Waals surface area (Å²) in [5.41, 5.74) is 7.00. The van der Waals surface area contributed by atoms with Crippen molar-refractivity contribution in [2.24, 2.45) is 12.8 Å². The van der Waals surface area contributed by atoms with Crippen LogP contribution >= 0.6 is 0 Å². The van der Waals surface area contributed by atoms with Gasteiger partial charge in [0.25, 0.3) is 0 Å². The van der Waals surface area contributed by atoms with E-state index in [0.717, 1.165) is 12.1 Å². The van der Waals surface area contributed by atoms with E-state index in [2.05, 4.69) is 4.98 Å². The summed E-state index contributed by atoms with van der Waals surface area (Å²) < 4.78 is 27.5. The second-order valence-corrected chi connectivity index (χ2v) is 3.62. The van der Waals surface area contributed by atoms with Gasteiger partial charge < -0.3 is 10.3 Å². The predicted octanol–water partition coefficient (Wildman–Crippen LogP) is 1.75. The summed E-state index contributed by atoms with van der Waals surface area (Å²) in [6.45, 7) is 0. The lowest BCUT2D eigenvalue weighted by Crippen LogP contribution is -2.12. The summed E-state index contributed by atoms with van der Waals surface area (Å²) in [6, 6.07) is 3.07. The van der Waals surface area contributed by atoms with E-state index in [4.69, 9.17) is 5.73 Å². The molecule has 0 fully saturated rings. The van der Waals surface area contributed by atoms with Crippen LogP contribution in [0.2, 0.25) is 0 Å². The molecule has 16 heavy (non-hydrogen) atoms. The number of nitrogens with zero attached hydrogens (tertiary/aromatic N) is 2. The summed E-state index contributed by atoms with van der Waals surface area (Å²) in [5.74, 6) is -1.78. The van der Waals surface area contributed by atoms with Crippen molar-refractivity contribution in [2.75, 3.05) is 0 Å². The van der Waals surface area contributed by atoms with Crippen LogP contribution in [0.1, 0.15) is 17.3 Å². The first-order chi connectivity index (χ1) is 7.58. The van der Waals surface area contributed by atoms with Crippen molar-refractivity contribution >= 4 is 0 Å². The number of imidazole rings is 1. The Bertz CT molecular complexity index is 508. The smallest absolute Gasteiger partial charge is 0.159 e. The van der Waals surface area contributed by atoms with Gasteiger partial charge in [-0.25, -0.2) is 13.8 Å². The molecule has 2 N–H and O–H groups in total. The largest absolute Gasteiger partial charge is 0.340 e. The number of benzene rings is 1. The maximum Gasteiger partial charge on any atom is 0.159 e. The lowest BCUT2D eigenvalue weighted by atomic mass is 10.1. The van der Waals surface area contributed by atoms with Gasteiger partial charge in [0.05, 0.1) is 18.1 Å². The van der Waals surface area contributed by atoms with E-state index < -0.39 is 17.7 Å². The molecule has 1 atom stereocenters. The van der Waals surface area contributed by atoms with E-state index >= 15 is 0 Å². The Morgan fingerprint density at radius 3 is 2.62 bits per heavy atom. The fourth-order valence-corrected chi connectivity index (χ4v) is 1.47. The van der Waals surface area contributed by atoms with Gasteiger partial charge in [0.2, 0.25) is 0 Å². The molecule has 3 nitrogen and oxygen atoms in total. The van der Waals surface area contributed by atoms with Gasteiger partial charge >= 0.3 is 0 Å². The summed E-state index contributed by atoms with van der Waals surface area (Å²) in [4.78, 5) is 4.07. The van der Waals surface area contributed by atoms with Gasteiger partial charge in [0.15, 0.2) is 11.6 Å². The monoisotopic (exact) mass is 223 g/mol. The molecule has 2 rings (SSSR count). The first-order valence-electron chi connectivity index (χ1n) is 4.76. The average molecular weight is 223 g/mol. The molecular formula is C11H11F2N3. The quantitative estimate of drug-likeness (QED) is 0.842. The molecule has 84 valence electrons. The Hall–Kier alpha value is -1.75. The van der Waals surface area contributed by atoms with Crippen LogP contribution in [0.15, 0.2) is 30.7 Å². The standard InChI is InChI=1S/C11H11F2N3/c1-16-5-10(15-6-16)11(14)7-2-3-8(12)9(13)4-7/h2-6,11H,14H2,1H3. The maximum absolute atomic E-state index is 13.0. The summed E-state index contributed by atoms with van der Waals surface area (Å²) in [6.07, 6.45) is 3.35. The van der Waals surface area contributed by atoms with Gasteiger partial charge in [0.1, 0.15) is 0 Å². The topological polar surface area (TPSA) is 43.8 Å². The van der Waals surface area contributed by atoms with Crippen LogP contribution in [0.5, 0.6) is 0 Å². The molecule has 1 heterocycles. The first kappa shape index (κ1) is 10.8. The number of aromatic nitrogens is 2. The molecule has 1 aromatic carbocycles. The summed E-state index contributed by atoms with van der Waals surface area (Å²) in [5, 5.41) is 0. The molecule has 0 saturated carbocycles. The van der Waals surface area contributed by atoms with Gasteiger partial charge in [-0.2, -0.15) is 0 Å². The highest BCUT2D eigenvalue weighted by Crippen LogP contribution is 2.19. The van der Waals surface area contributed by atoms with Crippen molar-refractivity contribution in [1.82, 2.24) is 9.55 Å². The molecule has 5 heteroatoms. The second-order valence-electron chi connectivity index (χ2n) is 3.62. The minimum absolute atomic E-state index is 0.498. The molecule has 2 aromatic rings. The van der Waals surface area contributed by atoms with E-state index in [1.54, 1.807) is 17.1 Å². The van der Waals surface area contributed by atoms with Crippen LogP contribution in [-0.2, 0) is 7.05 Å².